The summed E-state index contributed by atoms with van der Waals surface area (Å²) in [6, 6.07) is 0. The Kier molecular flexibility index (Phi) is 2.14. The van der Waals surface area contributed by atoms with E-state index in [2.05, 4.69) is 20.4 Å². The van der Waals surface area contributed by atoms with Crippen molar-refractivity contribution in [2.75, 3.05) is 0 Å². The fourth-order valence-electron chi connectivity index (χ4n) is 1.19. The molecule has 1 nitrogen and oxygen atoms in total. The van der Waals surface area contributed by atoms with Crippen molar-refractivity contribution in [2.24, 2.45) is 0 Å². The van der Waals surface area contributed by atoms with E-state index in [9.17, 15) is 0 Å². The summed E-state index contributed by atoms with van der Waals surface area (Å²) in [6.07, 6.45) is 6.02. The zero-order valence-corrected chi connectivity index (χ0v) is 6.89. The molecule has 1 aliphatic heterocycles. The van der Waals surface area contributed by atoms with E-state index in [0.717, 1.165) is 6.42 Å². The standard InChI is InChI=1S/C9H16O/c1-4-5-6-7-8-9(2,3)10-8/h4,8H,1,5-7H2,2-3H3/t8-/m0/s1. The second kappa shape index (κ2) is 2.75. The van der Waals surface area contributed by atoms with Gasteiger partial charge in [-0.25, -0.2) is 0 Å². The summed E-state index contributed by atoms with van der Waals surface area (Å²) in [5.41, 5.74) is 0.182. The first kappa shape index (κ1) is 7.80. The van der Waals surface area contributed by atoms with Crippen molar-refractivity contribution in [3.63, 3.8) is 0 Å². The van der Waals surface area contributed by atoms with Crippen LogP contribution < -0.4 is 0 Å². The van der Waals surface area contributed by atoms with Crippen molar-refractivity contribution in [1.29, 1.82) is 0 Å². The monoisotopic (exact) mass is 140 g/mol. The van der Waals surface area contributed by atoms with E-state index in [1.54, 1.807) is 0 Å². The molecular formula is C9H16O. The molecule has 0 aromatic heterocycles. The van der Waals surface area contributed by atoms with Gasteiger partial charge in [-0.1, -0.05) is 6.08 Å². The zero-order valence-electron chi connectivity index (χ0n) is 6.89. The summed E-state index contributed by atoms with van der Waals surface area (Å²) in [5, 5.41) is 0. The number of ether oxygens (including phenoxy) is 1. The highest BCUT2D eigenvalue weighted by molar-refractivity contribution is 4.94. The lowest BCUT2D eigenvalue weighted by molar-refractivity contribution is 0.319. The Morgan fingerprint density at radius 2 is 2.20 bits per heavy atom. The minimum absolute atomic E-state index is 0.182. The van der Waals surface area contributed by atoms with Crippen LogP contribution in [0.25, 0.3) is 0 Å². The molecule has 0 radical (unpaired) electrons. The first-order valence-electron chi connectivity index (χ1n) is 3.95. The molecule has 0 unspecified atom stereocenters. The molecule has 1 saturated heterocycles. The fraction of sp³-hybridized carbons (Fsp3) is 0.778. The van der Waals surface area contributed by atoms with E-state index < -0.39 is 0 Å². The first-order chi connectivity index (χ1) is 4.67. The van der Waals surface area contributed by atoms with Crippen molar-refractivity contribution in [3.05, 3.63) is 12.7 Å². The number of allylic oxidation sites excluding steroid dienone is 1. The van der Waals surface area contributed by atoms with Crippen LogP contribution in [0.3, 0.4) is 0 Å². The highest BCUT2D eigenvalue weighted by Crippen LogP contribution is 2.38. The second-order valence-corrected chi connectivity index (χ2v) is 3.43. The van der Waals surface area contributed by atoms with Crippen molar-refractivity contribution < 1.29 is 4.74 Å². The summed E-state index contributed by atoms with van der Waals surface area (Å²) < 4.78 is 5.42. The molecule has 0 bridgehead atoms. The number of epoxide rings is 1. The molecule has 0 N–H and O–H groups in total. The first-order valence-corrected chi connectivity index (χ1v) is 3.95. The molecule has 0 aliphatic carbocycles. The van der Waals surface area contributed by atoms with E-state index in [1.165, 1.54) is 12.8 Å². The molecule has 1 aliphatic rings. The Morgan fingerprint density at radius 3 is 2.60 bits per heavy atom. The average Bonchev–Trinajstić information content (AvgIpc) is 2.41. The zero-order chi connectivity index (χ0) is 7.61. The summed E-state index contributed by atoms with van der Waals surface area (Å²) in [6.45, 7) is 7.96. The van der Waals surface area contributed by atoms with E-state index in [1.807, 2.05) is 6.08 Å². The Morgan fingerprint density at radius 1 is 1.60 bits per heavy atom. The Bertz CT molecular complexity index is 127. The largest absolute Gasteiger partial charge is 0.367 e. The van der Waals surface area contributed by atoms with Gasteiger partial charge in [0, 0.05) is 0 Å². The van der Waals surface area contributed by atoms with Crippen LogP contribution in [0.4, 0.5) is 0 Å². The average molecular weight is 140 g/mol. The molecule has 1 rings (SSSR count). The third kappa shape index (κ3) is 1.84. The van der Waals surface area contributed by atoms with Crippen LogP contribution in [0.2, 0.25) is 0 Å². The van der Waals surface area contributed by atoms with E-state index in [-0.39, 0.29) is 5.60 Å². The lowest BCUT2D eigenvalue weighted by atomic mass is 10.1. The molecule has 0 spiro atoms. The molecule has 0 amide bonds. The van der Waals surface area contributed by atoms with E-state index >= 15 is 0 Å². The normalized spacial score (nSPS) is 28.0. The number of unbranched alkanes of at least 4 members (excludes halogenated alkanes) is 1. The van der Waals surface area contributed by atoms with Crippen molar-refractivity contribution >= 4 is 0 Å². The summed E-state index contributed by atoms with van der Waals surface area (Å²) in [5.74, 6) is 0. The molecular weight excluding hydrogens is 124 g/mol. The van der Waals surface area contributed by atoms with Crippen LogP contribution >= 0.6 is 0 Å². The fourth-order valence-corrected chi connectivity index (χ4v) is 1.19. The van der Waals surface area contributed by atoms with Crippen molar-refractivity contribution in [3.8, 4) is 0 Å². The van der Waals surface area contributed by atoms with Gasteiger partial charge in [0.2, 0.25) is 0 Å². The molecule has 0 aromatic carbocycles. The summed E-state index contributed by atoms with van der Waals surface area (Å²) in [4.78, 5) is 0. The number of hydrogen-bond donors (Lipinski definition) is 0. The predicted molar refractivity (Wildman–Crippen MR) is 43.0 cm³/mol. The molecule has 1 heterocycles. The van der Waals surface area contributed by atoms with Gasteiger partial charge < -0.3 is 4.74 Å². The lowest BCUT2D eigenvalue weighted by Crippen LogP contribution is -2.01. The molecule has 0 saturated carbocycles. The van der Waals surface area contributed by atoms with Crippen molar-refractivity contribution in [2.45, 2.75) is 44.8 Å². The maximum atomic E-state index is 5.42. The van der Waals surface area contributed by atoms with Gasteiger partial charge in [0.15, 0.2) is 0 Å². The second-order valence-electron chi connectivity index (χ2n) is 3.43. The van der Waals surface area contributed by atoms with Crippen LogP contribution in [0.5, 0.6) is 0 Å². The Hall–Kier alpha value is -0.300. The van der Waals surface area contributed by atoms with Gasteiger partial charge in [-0.15, -0.1) is 6.58 Å². The van der Waals surface area contributed by atoms with Crippen LogP contribution in [-0.4, -0.2) is 11.7 Å². The third-order valence-electron chi connectivity index (χ3n) is 2.04. The topological polar surface area (TPSA) is 12.5 Å². The maximum Gasteiger partial charge on any atom is 0.0892 e. The van der Waals surface area contributed by atoms with Crippen LogP contribution in [0, 0.1) is 0 Å². The molecule has 10 heavy (non-hydrogen) atoms. The van der Waals surface area contributed by atoms with Gasteiger partial charge in [-0.3, -0.25) is 0 Å². The maximum absolute atomic E-state index is 5.42. The van der Waals surface area contributed by atoms with E-state index in [4.69, 9.17) is 4.74 Å². The quantitative estimate of drug-likeness (QED) is 0.332. The van der Waals surface area contributed by atoms with Gasteiger partial charge in [0.25, 0.3) is 0 Å². The van der Waals surface area contributed by atoms with Gasteiger partial charge >= 0.3 is 0 Å². The smallest absolute Gasteiger partial charge is 0.0892 e. The minimum atomic E-state index is 0.182. The molecule has 1 heteroatoms. The number of hydrogen-bond acceptors (Lipinski definition) is 1. The van der Waals surface area contributed by atoms with Gasteiger partial charge in [0.05, 0.1) is 11.7 Å². The summed E-state index contributed by atoms with van der Waals surface area (Å²) in [7, 11) is 0. The molecule has 1 atom stereocenters. The Labute approximate surface area is 63.1 Å². The van der Waals surface area contributed by atoms with Gasteiger partial charge in [-0.05, 0) is 33.1 Å². The molecule has 58 valence electrons. The van der Waals surface area contributed by atoms with Crippen LogP contribution in [0.15, 0.2) is 12.7 Å². The van der Waals surface area contributed by atoms with E-state index in [0.29, 0.717) is 6.10 Å². The number of rotatable bonds is 4. The third-order valence-corrected chi connectivity index (χ3v) is 2.04. The molecule has 0 aromatic rings. The Balaban J connectivity index is 2.02. The van der Waals surface area contributed by atoms with Crippen LogP contribution in [0.1, 0.15) is 33.1 Å². The molecule has 1 fully saturated rings. The minimum Gasteiger partial charge on any atom is -0.367 e. The summed E-state index contributed by atoms with van der Waals surface area (Å²) >= 11 is 0. The van der Waals surface area contributed by atoms with Crippen LogP contribution in [-0.2, 0) is 4.74 Å². The lowest BCUT2D eigenvalue weighted by Gasteiger charge is -1.94. The predicted octanol–water partition coefficient (Wildman–Crippen LogP) is 2.52. The van der Waals surface area contributed by atoms with Crippen molar-refractivity contribution in [1.82, 2.24) is 0 Å². The highest BCUT2D eigenvalue weighted by atomic mass is 16.6. The SMILES string of the molecule is C=CCCC[C@@H]1OC1(C)C. The van der Waals surface area contributed by atoms with Gasteiger partial charge in [-0.2, -0.15) is 0 Å². The highest BCUT2D eigenvalue weighted by Gasteiger charge is 2.46. The van der Waals surface area contributed by atoms with Gasteiger partial charge in [0.1, 0.15) is 0 Å².